The Morgan fingerprint density at radius 1 is 1.14 bits per heavy atom. The first-order valence-electron chi connectivity index (χ1n) is 10.1. The van der Waals surface area contributed by atoms with Gasteiger partial charge in [-0.3, -0.25) is 4.79 Å². The molecular formula is C21H27N3O3S2. The Morgan fingerprint density at radius 3 is 2.55 bits per heavy atom. The van der Waals surface area contributed by atoms with Crippen molar-refractivity contribution in [1.29, 1.82) is 0 Å². The third kappa shape index (κ3) is 4.49. The second kappa shape index (κ2) is 8.45. The Morgan fingerprint density at radius 2 is 1.86 bits per heavy atom. The summed E-state index contributed by atoms with van der Waals surface area (Å²) in [5.41, 5.74) is 3.36. The van der Waals surface area contributed by atoms with E-state index in [-0.39, 0.29) is 17.6 Å². The maximum atomic E-state index is 12.6. The van der Waals surface area contributed by atoms with Gasteiger partial charge >= 0.3 is 0 Å². The van der Waals surface area contributed by atoms with Gasteiger partial charge in [-0.15, -0.1) is 11.3 Å². The number of nitrogens with one attached hydrogen (secondary N) is 1. The number of sulfonamides is 1. The molecule has 0 unspecified atom stereocenters. The number of amides is 1. The van der Waals surface area contributed by atoms with Gasteiger partial charge in [-0.2, -0.15) is 0 Å². The molecule has 1 amide bonds. The van der Waals surface area contributed by atoms with Gasteiger partial charge in [0.1, 0.15) is 0 Å². The first kappa shape index (κ1) is 20.4. The minimum absolute atomic E-state index is 0.0211. The van der Waals surface area contributed by atoms with Crippen LogP contribution >= 0.6 is 11.3 Å². The molecule has 2 aromatic rings. The molecule has 156 valence electrons. The zero-order valence-electron chi connectivity index (χ0n) is 16.6. The van der Waals surface area contributed by atoms with Gasteiger partial charge in [-0.05, 0) is 67.5 Å². The maximum Gasteiger partial charge on any atom is 0.227 e. The maximum absolute atomic E-state index is 12.6. The number of thiophene rings is 1. The Labute approximate surface area is 176 Å². The zero-order valence-corrected chi connectivity index (χ0v) is 18.3. The van der Waals surface area contributed by atoms with E-state index >= 15 is 0 Å². The van der Waals surface area contributed by atoms with Gasteiger partial charge in [0.15, 0.2) is 0 Å². The molecule has 1 aromatic carbocycles. The van der Waals surface area contributed by atoms with Crippen molar-refractivity contribution in [2.75, 3.05) is 35.6 Å². The average molecular weight is 434 g/mol. The van der Waals surface area contributed by atoms with Crippen molar-refractivity contribution in [3.8, 4) is 0 Å². The number of rotatable bonds is 5. The van der Waals surface area contributed by atoms with Crippen molar-refractivity contribution in [3.05, 3.63) is 46.2 Å². The van der Waals surface area contributed by atoms with Gasteiger partial charge in [-0.1, -0.05) is 0 Å². The van der Waals surface area contributed by atoms with Gasteiger partial charge in [0.25, 0.3) is 0 Å². The molecule has 8 heteroatoms. The molecule has 6 nitrogen and oxygen atoms in total. The molecule has 29 heavy (non-hydrogen) atoms. The fourth-order valence-corrected chi connectivity index (χ4v) is 6.07. The molecule has 1 aromatic heterocycles. The summed E-state index contributed by atoms with van der Waals surface area (Å²) in [7, 11) is -3.16. The van der Waals surface area contributed by atoms with Crippen LogP contribution in [0, 0.1) is 5.92 Å². The van der Waals surface area contributed by atoms with Crippen LogP contribution in [0.2, 0.25) is 0 Å². The Hall–Kier alpha value is -1.90. The number of carbonyl (C=O) groups is 1. The van der Waals surface area contributed by atoms with Crippen LogP contribution < -0.4 is 10.2 Å². The lowest BCUT2D eigenvalue weighted by molar-refractivity contribution is -0.120. The van der Waals surface area contributed by atoms with Gasteiger partial charge < -0.3 is 10.2 Å². The molecule has 2 aliphatic rings. The Balaban J connectivity index is 1.32. The van der Waals surface area contributed by atoms with E-state index in [9.17, 15) is 13.2 Å². The summed E-state index contributed by atoms with van der Waals surface area (Å²) in [5.74, 6) is -0.0507. The second-order valence-electron chi connectivity index (χ2n) is 7.65. The number of anilines is 2. The van der Waals surface area contributed by atoms with Crippen LogP contribution in [0.1, 0.15) is 30.2 Å². The van der Waals surface area contributed by atoms with Crippen molar-refractivity contribution in [3.63, 3.8) is 0 Å². The van der Waals surface area contributed by atoms with Crippen LogP contribution in [0.15, 0.2) is 35.7 Å². The fraction of sp³-hybridized carbons (Fsp3) is 0.476. The highest BCUT2D eigenvalue weighted by Gasteiger charge is 2.30. The highest BCUT2D eigenvalue weighted by atomic mass is 32.2. The highest BCUT2D eigenvalue weighted by Crippen LogP contribution is 2.29. The van der Waals surface area contributed by atoms with Crippen molar-refractivity contribution >= 4 is 38.6 Å². The lowest BCUT2D eigenvalue weighted by Gasteiger charge is -2.30. The molecule has 0 atom stereocenters. The van der Waals surface area contributed by atoms with Crippen molar-refractivity contribution in [2.45, 2.75) is 32.7 Å². The van der Waals surface area contributed by atoms with Crippen molar-refractivity contribution in [2.24, 2.45) is 5.92 Å². The molecular weight excluding hydrogens is 406 g/mol. The molecule has 0 spiro atoms. The minimum atomic E-state index is -3.16. The summed E-state index contributed by atoms with van der Waals surface area (Å²) < 4.78 is 25.4. The third-order valence-corrected chi connectivity index (χ3v) is 8.80. The lowest BCUT2D eigenvalue weighted by Crippen LogP contribution is -2.42. The molecule has 0 saturated carbocycles. The van der Waals surface area contributed by atoms with E-state index in [0.29, 0.717) is 25.9 Å². The number of nitrogens with zero attached hydrogens (tertiary/aromatic N) is 2. The van der Waals surface area contributed by atoms with E-state index < -0.39 is 10.0 Å². The van der Waals surface area contributed by atoms with Crippen LogP contribution in [-0.2, 0) is 27.8 Å². The van der Waals surface area contributed by atoms with Crippen LogP contribution in [0.25, 0.3) is 0 Å². The predicted octanol–water partition coefficient (Wildman–Crippen LogP) is 3.31. The van der Waals surface area contributed by atoms with E-state index in [1.807, 2.05) is 23.5 Å². The largest absolute Gasteiger partial charge is 0.367 e. The van der Waals surface area contributed by atoms with Crippen molar-refractivity contribution < 1.29 is 13.2 Å². The molecule has 3 heterocycles. The highest BCUT2D eigenvalue weighted by molar-refractivity contribution is 7.89. The number of hydrogen-bond acceptors (Lipinski definition) is 5. The summed E-state index contributed by atoms with van der Waals surface area (Å²) in [6.07, 6.45) is 2.22. The smallest absolute Gasteiger partial charge is 0.227 e. The number of carbonyl (C=O) groups excluding carboxylic acids is 1. The van der Waals surface area contributed by atoms with Crippen LogP contribution in [0.3, 0.4) is 0 Å². The minimum Gasteiger partial charge on any atom is -0.367 e. The van der Waals surface area contributed by atoms with Crippen LogP contribution in [0.4, 0.5) is 11.4 Å². The van der Waals surface area contributed by atoms with Crippen LogP contribution in [-0.4, -0.2) is 44.0 Å². The van der Waals surface area contributed by atoms with Gasteiger partial charge in [-0.25, -0.2) is 12.7 Å². The second-order valence-corrected chi connectivity index (χ2v) is 10.9. The number of fused-ring (bicyclic) bond motifs is 1. The monoisotopic (exact) mass is 433 g/mol. The standard InChI is InChI=1S/C21H27N3O3S2/c1-2-29(26,27)24-12-7-16(8-13-24)21(25)22-18-3-5-19(6-4-18)23-11-9-20-17(15-23)10-14-28-20/h3-6,10,14,16H,2,7-9,11-13,15H2,1H3,(H,22,25). The first-order valence-corrected chi connectivity index (χ1v) is 12.6. The van der Waals surface area contributed by atoms with Crippen LogP contribution in [0.5, 0.6) is 0 Å². The van der Waals surface area contributed by atoms with Gasteiger partial charge in [0.2, 0.25) is 15.9 Å². The number of hydrogen-bond donors (Lipinski definition) is 1. The molecule has 0 radical (unpaired) electrons. The summed E-state index contributed by atoms with van der Waals surface area (Å²) in [6, 6.07) is 10.2. The molecule has 4 rings (SSSR count). The number of benzene rings is 1. The van der Waals surface area contributed by atoms with Crippen molar-refractivity contribution in [1.82, 2.24) is 4.31 Å². The quantitative estimate of drug-likeness (QED) is 0.785. The third-order valence-electron chi connectivity index (χ3n) is 5.89. The normalized spacial score (nSPS) is 18.4. The predicted molar refractivity (Wildman–Crippen MR) is 118 cm³/mol. The zero-order chi connectivity index (χ0) is 20.4. The molecule has 1 N–H and O–H groups in total. The molecule has 1 fully saturated rings. The Kier molecular flexibility index (Phi) is 5.94. The summed E-state index contributed by atoms with van der Waals surface area (Å²) in [5, 5.41) is 5.16. The van der Waals surface area contributed by atoms with E-state index in [1.54, 1.807) is 6.92 Å². The van der Waals surface area contributed by atoms with E-state index in [4.69, 9.17) is 0 Å². The van der Waals surface area contributed by atoms with E-state index in [1.165, 1.54) is 14.7 Å². The fourth-order valence-electron chi connectivity index (χ4n) is 4.05. The first-order chi connectivity index (χ1) is 14.0. The van der Waals surface area contributed by atoms with Gasteiger partial charge in [0.05, 0.1) is 5.75 Å². The molecule has 0 aliphatic carbocycles. The summed E-state index contributed by atoms with van der Waals surface area (Å²) >= 11 is 1.84. The molecule has 2 aliphatic heterocycles. The molecule has 0 bridgehead atoms. The SMILES string of the molecule is CCS(=O)(=O)N1CCC(C(=O)Nc2ccc(N3CCc4sccc4C3)cc2)CC1. The van der Waals surface area contributed by atoms with E-state index in [2.05, 4.69) is 33.8 Å². The molecule has 1 saturated heterocycles. The number of piperidine rings is 1. The lowest BCUT2D eigenvalue weighted by atomic mass is 9.97. The summed E-state index contributed by atoms with van der Waals surface area (Å²) in [4.78, 5) is 16.5. The van der Waals surface area contributed by atoms with E-state index in [0.717, 1.165) is 30.9 Å². The topological polar surface area (TPSA) is 69.7 Å². The average Bonchev–Trinajstić information content (AvgIpc) is 3.22. The van der Waals surface area contributed by atoms with Gasteiger partial charge in [0, 0.05) is 48.3 Å². The summed E-state index contributed by atoms with van der Waals surface area (Å²) in [6.45, 7) is 4.45. The Bertz CT molecular complexity index is 961.